The normalized spacial score (nSPS) is 18.2. The van der Waals surface area contributed by atoms with Crippen molar-refractivity contribution < 1.29 is 17.9 Å². The number of ether oxygens (including phenoxy) is 1. The summed E-state index contributed by atoms with van der Waals surface area (Å²) in [5.74, 6) is 0.514. The molecule has 0 spiro atoms. The molecule has 1 fully saturated rings. The molecule has 1 saturated heterocycles. The zero-order valence-corrected chi connectivity index (χ0v) is 20.9. The molecular formula is C25H24N4O4S2. The number of aromatic nitrogens is 1. The van der Waals surface area contributed by atoms with Crippen LogP contribution < -0.4 is 4.72 Å². The lowest BCUT2D eigenvalue weighted by Gasteiger charge is -2.40. The van der Waals surface area contributed by atoms with Crippen LogP contribution in [0.2, 0.25) is 0 Å². The van der Waals surface area contributed by atoms with E-state index < -0.39 is 22.0 Å². The van der Waals surface area contributed by atoms with Crippen LogP contribution in [0.3, 0.4) is 0 Å². The predicted octanol–water partition coefficient (Wildman–Crippen LogP) is 4.33. The molecule has 1 N–H and O–H groups in total. The summed E-state index contributed by atoms with van der Waals surface area (Å²) in [5, 5.41) is 1.60. The summed E-state index contributed by atoms with van der Waals surface area (Å²) < 4.78 is 34.4. The number of esters is 1. The van der Waals surface area contributed by atoms with Gasteiger partial charge in [0.25, 0.3) is 10.0 Å². The fraction of sp³-hybridized carbons (Fsp3) is 0.240. The van der Waals surface area contributed by atoms with Gasteiger partial charge < -0.3 is 9.64 Å². The second-order valence-electron chi connectivity index (χ2n) is 8.25. The number of nitrogens with one attached hydrogen (secondary N) is 1. The lowest BCUT2D eigenvalue weighted by molar-refractivity contribution is -0.136. The van der Waals surface area contributed by atoms with E-state index in [1.807, 2.05) is 18.2 Å². The van der Waals surface area contributed by atoms with Crippen LogP contribution >= 0.6 is 11.8 Å². The summed E-state index contributed by atoms with van der Waals surface area (Å²) in [6.07, 6.45) is 2.53. The van der Waals surface area contributed by atoms with Gasteiger partial charge in [-0.2, -0.15) is 0 Å². The SMILES string of the molecule is COC(=O)C1=C(C)N=C2SCCCN2C1c1cccc(NS(=O)(=O)c2cccc3cccnc23)c1. The van der Waals surface area contributed by atoms with Crippen LogP contribution in [0, 0.1) is 0 Å². The molecule has 0 aliphatic carbocycles. The van der Waals surface area contributed by atoms with E-state index in [0.717, 1.165) is 34.8 Å². The molecule has 1 aromatic heterocycles. The topological polar surface area (TPSA) is 101 Å². The molecule has 2 aliphatic heterocycles. The van der Waals surface area contributed by atoms with Crippen LogP contribution in [0.1, 0.15) is 24.9 Å². The van der Waals surface area contributed by atoms with Crippen LogP contribution in [0.5, 0.6) is 0 Å². The average molecular weight is 509 g/mol. The Labute approximate surface area is 208 Å². The van der Waals surface area contributed by atoms with E-state index >= 15 is 0 Å². The molecule has 0 bridgehead atoms. The highest BCUT2D eigenvalue weighted by Crippen LogP contribution is 2.40. The van der Waals surface area contributed by atoms with Gasteiger partial charge in [0.2, 0.25) is 0 Å². The van der Waals surface area contributed by atoms with E-state index in [1.165, 1.54) is 13.2 Å². The molecule has 0 amide bonds. The number of methoxy groups -OCH3 is 1. The second-order valence-corrected chi connectivity index (χ2v) is 11.0. The first-order valence-corrected chi connectivity index (χ1v) is 13.6. The molecule has 1 unspecified atom stereocenters. The van der Waals surface area contributed by atoms with E-state index in [0.29, 0.717) is 22.5 Å². The van der Waals surface area contributed by atoms with E-state index in [1.54, 1.807) is 55.2 Å². The van der Waals surface area contributed by atoms with E-state index in [4.69, 9.17) is 4.74 Å². The lowest BCUT2D eigenvalue weighted by atomic mass is 9.94. The molecule has 0 saturated carbocycles. The number of carbonyl (C=O) groups excluding carboxylic acids is 1. The first-order chi connectivity index (χ1) is 16.9. The lowest BCUT2D eigenvalue weighted by Crippen LogP contribution is -2.42. The van der Waals surface area contributed by atoms with Crippen molar-refractivity contribution in [2.24, 2.45) is 4.99 Å². The number of hydrogen-bond donors (Lipinski definition) is 1. The van der Waals surface area contributed by atoms with Crippen molar-refractivity contribution in [2.45, 2.75) is 24.3 Å². The Balaban J connectivity index is 1.54. The summed E-state index contributed by atoms with van der Waals surface area (Å²) in [7, 11) is -2.56. The highest BCUT2D eigenvalue weighted by Gasteiger charge is 2.37. The van der Waals surface area contributed by atoms with Crippen LogP contribution in [-0.2, 0) is 19.6 Å². The third kappa shape index (κ3) is 4.39. The maximum atomic E-state index is 13.3. The standard InChI is InChI=1S/C25H24N4O4S2/c1-16-21(24(30)33-2)23(29-13-6-14-34-25(29)27-16)18-8-3-10-19(15-18)28-35(31,32)20-11-4-7-17-9-5-12-26-22(17)20/h3-5,7-12,15,23,28H,6,13-14H2,1-2H3. The Kier molecular flexibility index (Phi) is 6.24. The minimum absolute atomic E-state index is 0.103. The number of anilines is 1. The molecule has 5 rings (SSSR count). The summed E-state index contributed by atoms with van der Waals surface area (Å²) in [6.45, 7) is 2.54. The maximum Gasteiger partial charge on any atom is 0.338 e. The molecule has 2 aliphatic rings. The molecule has 3 aromatic rings. The maximum absolute atomic E-state index is 13.3. The summed E-state index contributed by atoms with van der Waals surface area (Å²) in [6, 6.07) is 15.3. The van der Waals surface area contributed by atoms with Crippen molar-refractivity contribution in [1.82, 2.24) is 9.88 Å². The smallest absolute Gasteiger partial charge is 0.338 e. The summed E-state index contributed by atoms with van der Waals surface area (Å²) in [5.41, 5.74) is 2.64. The van der Waals surface area contributed by atoms with E-state index in [2.05, 4.69) is 19.6 Å². The Hall–Kier alpha value is -3.37. The Morgan fingerprint density at radius 2 is 1.97 bits per heavy atom. The molecule has 2 aromatic carbocycles. The van der Waals surface area contributed by atoms with Crippen LogP contribution in [0.4, 0.5) is 5.69 Å². The Bertz CT molecular complexity index is 1480. The van der Waals surface area contributed by atoms with Crippen molar-refractivity contribution in [3.8, 4) is 0 Å². The zero-order chi connectivity index (χ0) is 24.6. The minimum Gasteiger partial charge on any atom is -0.466 e. The van der Waals surface area contributed by atoms with Crippen molar-refractivity contribution in [3.05, 3.63) is 77.6 Å². The van der Waals surface area contributed by atoms with Gasteiger partial charge in [-0.15, -0.1) is 0 Å². The van der Waals surface area contributed by atoms with Gasteiger partial charge in [0.05, 0.1) is 29.9 Å². The highest BCUT2D eigenvalue weighted by molar-refractivity contribution is 8.13. The van der Waals surface area contributed by atoms with Gasteiger partial charge in [-0.25, -0.2) is 18.2 Å². The number of carbonyl (C=O) groups is 1. The number of benzene rings is 2. The quantitative estimate of drug-likeness (QED) is 0.512. The van der Waals surface area contributed by atoms with Crippen molar-refractivity contribution in [2.75, 3.05) is 24.1 Å². The number of thioether (sulfide) groups is 1. The minimum atomic E-state index is -3.91. The van der Waals surface area contributed by atoms with E-state index in [9.17, 15) is 13.2 Å². The molecule has 180 valence electrons. The number of hydrogen-bond acceptors (Lipinski definition) is 8. The van der Waals surface area contributed by atoms with Gasteiger partial charge in [0.15, 0.2) is 5.17 Å². The number of pyridine rings is 1. The summed E-state index contributed by atoms with van der Waals surface area (Å²) in [4.78, 5) is 23.9. The monoisotopic (exact) mass is 508 g/mol. The molecule has 3 heterocycles. The third-order valence-electron chi connectivity index (χ3n) is 6.00. The average Bonchev–Trinajstić information content (AvgIpc) is 2.87. The number of sulfonamides is 1. The molecule has 1 atom stereocenters. The van der Waals surface area contributed by atoms with Crippen LogP contribution in [0.25, 0.3) is 10.9 Å². The molecule has 35 heavy (non-hydrogen) atoms. The number of para-hydroxylation sites is 1. The molecular weight excluding hydrogens is 484 g/mol. The van der Waals surface area contributed by atoms with Crippen LogP contribution in [-0.4, -0.2) is 48.8 Å². The number of amidine groups is 1. The first kappa shape index (κ1) is 23.4. The van der Waals surface area contributed by atoms with Crippen molar-refractivity contribution in [1.29, 1.82) is 0 Å². The number of nitrogens with zero attached hydrogens (tertiary/aromatic N) is 3. The van der Waals surface area contributed by atoms with Crippen molar-refractivity contribution >= 4 is 49.5 Å². The second kappa shape index (κ2) is 9.35. The van der Waals surface area contributed by atoms with Gasteiger partial charge in [0.1, 0.15) is 4.90 Å². The van der Waals surface area contributed by atoms with Gasteiger partial charge in [-0.3, -0.25) is 9.71 Å². The number of aliphatic imine (C=N–C) groups is 1. The number of rotatable bonds is 5. The first-order valence-electron chi connectivity index (χ1n) is 11.1. The molecule has 8 nitrogen and oxygen atoms in total. The van der Waals surface area contributed by atoms with Gasteiger partial charge >= 0.3 is 5.97 Å². The fourth-order valence-corrected chi connectivity index (χ4v) is 6.71. The zero-order valence-electron chi connectivity index (χ0n) is 19.3. The Morgan fingerprint density at radius 1 is 1.17 bits per heavy atom. The number of fused-ring (bicyclic) bond motifs is 2. The largest absolute Gasteiger partial charge is 0.466 e. The van der Waals surface area contributed by atoms with Crippen LogP contribution in [0.15, 0.2) is 82.0 Å². The number of allylic oxidation sites excluding steroid dienone is 1. The third-order valence-corrected chi connectivity index (χ3v) is 8.49. The van der Waals surface area contributed by atoms with Gasteiger partial charge in [0, 0.05) is 29.6 Å². The Morgan fingerprint density at radius 3 is 2.80 bits per heavy atom. The molecule has 0 radical (unpaired) electrons. The predicted molar refractivity (Wildman–Crippen MR) is 138 cm³/mol. The van der Waals surface area contributed by atoms with Crippen molar-refractivity contribution in [3.63, 3.8) is 0 Å². The summed E-state index contributed by atoms with van der Waals surface area (Å²) >= 11 is 1.65. The highest BCUT2D eigenvalue weighted by atomic mass is 32.2. The fourth-order valence-electron chi connectivity index (χ4n) is 4.46. The van der Waals surface area contributed by atoms with Gasteiger partial charge in [-0.05, 0) is 43.2 Å². The van der Waals surface area contributed by atoms with Gasteiger partial charge in [-0.1, -0.05) is 42.1 Å². The van der Waals surface area contributed by atoms with E-state index in [-0.39, 0.29) is 4.90 Å². The molecule has 10 heteroatoms.